The zero-order valence-electron chi connectivity index (χ0n) is 7.53. The molecule has 0 atom stereocenters. The van der Waals surface area contributed by atoms with Crippen molar-refractivity contribution in [1.29, 1.82) is 0 Å². The van der Waals surface area contributed by atoms with Gasteiger partial charge in [0.25, 0.3) is 0 Å². The second-order valence-corrected chi connectivity index (χ2v) is 6.10. The van der Waals surface area contributed by atoms with Crippen molar-refractivity contribution in [2.75, 3.05) is 25.7 Å². The Bertz CT molecular complexity index is 319. The first kappa shape index (κ1) is 9.27. The molecule has 12 heavy (non-hydrogen) atoms. The van der Waals surface area contributed by atoms with Gasteiger partial charge in [-0.1, -0.05) is 0 Å². The SMILES string of the molecule is CNc1cccnc1P(C)(C)=O. The van der Waals surface area contributed by atoms with E-state index in [1.165, 1.54) is 0 Å². The van der Waals surface area contributed by atoms with Gasteiger partial charge in [-0.25, -0.2) is 0 Å². The summed E-state index contributed by atoms with van der Waals surface area (Å²) >= 11 is 0. The van der Waals surface area contributed by atoms with Gasteiger partial charge in [0.2, 0.25) is 0 Å². The van der Waals surface area contributed by atoms with Crippen molar-refractivity contribution < 1.29 is 4.57 Å². The zero-order chi connectivity index (χ0) is 9.19. The molecule has 0 aliphatic carbocycles. The minimum absolute atomic E-state index is 0.674. The quantitative estimate of drug-likeness (QED) is 0.706. The molecule has 1 aromatic heterocycles. The largest absolute Gasteiger partial charge is 0.386 e. The van der Waals surface area contributed by atoms with Crippen LogP contribution in [-0.4, -0.2) is 25.4 Å². The van der Waals surface area contributed by atoms with Crippen LogP contribution in [0.5, 0.6) is 0 Å². The number of hydrogen-bond donors (Lipinski definition) is 1. The molecule has 4 heteroatoms. The molecule has 0 radical (unpaired) electrons. The number of hydrogen-bond acceptors (Lipinski definition) is 3. The van der Waals surface area contributed by atoms with Crippen molar-refractivity contribution in [2.45, 2.75) is 0 Å². The summed E-state index contributed by atoms with van der Waals surface area (Å²) in [5, 5.41) is 2.97. The van der Waals surface area contributed by atoms with E-state index in [4.69, 9.17) is 0 Å². The predicted molar refractivity (Wildman–Crippen MR) is 52.9 cm³/mol. The van der Waals surface area contributed by atoms with E-state index in [0.29, 0.717) is 5.44 Å². The molecule has 1 N–H and O–H groups in total. The van der Waals surface area contributed by atoms with Gasteiger partial charge in [-0.3, -0.25) is 4.98 Å². The van der Waals surface area contributed by atoms with E-state index in [0.717, 1.165) is 5.69 Å². The Balaban J connectivity index is 3.23. The molecule has 0 bridgehead atoms. The highest BCUT2D eigenvalue weighted by molar-refractivity contribution is 7.70. The molecule has 0 aliphatic heterocycles. The van der Waals surface area contributed by atoms with Crippen molar-refractivity contribution in [3.8, 4) is 0 Å². The van der Waals surface area contributed by atoms with Crippen LogP contribution in [-0.2, 0) is 4.57 Å². The second kappa shape index (κ2) is 3.28. The van der Waals surface area contributed by atoms with Gasteiger partial charge < -0.3 is 9.88 Å². The first-order valence-corrected chi connectivity index (χ1v) is 6.34. The van der Waals surface area contributed by atoms with E-state index >= 15 is 0 Å². The number of anilines is 1. The molecular weight excluding hydrogens is 171 g/mol. The van der Waals surface area contributed by atoms with Gasteiger partial charge in [0.15, 0.2) is 0 Å². The zero-order valence-corrected chi connectivity index (χ0v) is 8.43. The van der Waals surface area contributed by atoms with Crippen LogP contribution in [0, 0.1) is 0 Å². The third-order valence-corrected chi connectivity index (χ3v) is 2.94. The normalized spacial score (nSPS) is 11.2. The highest BCUT2D eigenvalue weighted by Gasteiger charge is 2.15. The molecule has 0 fully saturated rings. The number of nitrogens with one attached hydrogen (secondary N) is 1. The molecule has 1 heterocycles. The van der Waals surface area contributed by atoms with E-state index in [-0.39, 0.29) is 0 Å². The van der Waals surface area contributed by atoms with Crippen molar-refractivity contribution in [3.05, 3.63) is 18.3 Å². The lowest BCUT2D eigenvalue weighted by molar-refractivity contribution is 0.588. The fraction of sp³-hybridized carbons (Fsp3) is 0.375. The van der Waals surface area contributed by atoms with Crippen molar-refractivity contribution in [3.63, 3.8) is 0 Å². The summed E-state index contributed by atoms with van der Waals surface area (Å²) in [5.74, 6) is 0. The summed E-state index contributed by atoms with van der Waals surface area (Å²) in [5.41, 5.74) is 1.53. The Morgan fingerprint density at radius 1 is 1.50 bits per heavy atom. The predicted octanol–water partition coefficient (Wildman–Crippen LogP) is 1.37. The first-order valence-electron chi connectivity index (χ1n) is 3.74. The Labute approximate surface area is 72.6 Å². The van der Waals surface area contributed by atoms with E-state index < -0.39 is 7.14 Å². The van der Waals surface area contributed by atoms with Crippen molar-refractivity contribution >= 4 is 18.3 Å². The Morgan fingerprint density at radius 2 is 2.17 bits per heavy atom. The van der Waals surface area contributed by atoms with Gasteiger partial charge in [0.05, 0.1) is 5.69 Å². The first-order chi connectivity index (χ1) is 5.55. The molecule has 1 rings (SSSR count). The van der Waals surface area contributed by atoms with Crippen molar-refractivity contribution in [2.24, 2.45) is 0 Å². The Morgan fingerprint density at radius 3 is 2.58 bits per heavy atom. The van der Waals surface area contributed by atoms with E-state index in [9.17, 15) is 4.57 Å². The highest BCUT2D eigenvalue weighted by Crippen LogP contribution is 2.36. The molecule has 0 spiro atoms. The summed E-state index contributed by atoms with van der Waals surface area (Å²) in [6, 6.07) is 3.70. The molecule has 1 aromatic rings. The standard InChI is InChI=1S/C8H13N2OP/c1-9-7-5-4-6-10-8(7)12(2,3)11/h4-6,9H,1-3H3. The lowest BCUT2D eigenvalue weighted by atomic mass is 10.4. The summed E-state index contributed by atoms with van der Waals surface area (Å²) in [6.07, 6.45) is 1.66. The van der Waals surface area contributed by atoms with Gasteiger partial charge in [-0.15, -0.1) is 0 Å². The number of aromatic nitrogens is 1. The van der Waals surface area contributed by atoms with Crippen LogP contribution in [0.2, 0.25) is 0 Å². The summed E-state index contributed by atoms with van der Waals surface area (Å²) < 4.78 is 11.7. The molecular formula is C8H13N2OP. The minimum Gasteiger partial charge on any atom is -0.386 e. The monoisotopic (exact) mass is 184 g/mol. The van der Waals surface area contributed by atoms with Crippen LogP contribution >= 0.6 is 7.14 Å². The Hall–Kier alpha value is -0.820. The molecule has 66 valence electrons. The lowest BCUT2D eigenvalue weighted by Gasteiger charge is -2.10. The molecule has 0 saturated carbocycles. The summed E-state index contributed by atoms with van der Waals surface area (Å²) in [4.78, 5) is 4.10. The van der Waals surface area contributed by atoms with Gasteiger partial charge in [0.1, 0.15) is 12.6 Å². The topological polar surface area (TPSA) is 42.0 Å². The van der Waals surface area contributed by atoms with Crippen LogP contribution in [0.1, 0.15) is 0 Å². The van der Waals surface area contributed by atoms with E-state index in [1.807, 2.05) is 12.1 Å². The van der Waals surface area contributed by atoms with Crippen molar-refractivity contribution in [1.82, 2.24) is 4.98 Å². The van der Waals surface area contributed by atoms with Crippen LogP contribution < -0.4 is 10.8 Å². The summed E-state index contributed by atoms with van der Waals surface area (Å²) in [7, 11) is -0.444. The fourth-order valence-electron chi connectivity index (χ4n) is 1.02. The molecule has 3 nitrogen and oxygen atoms in total. The fourth-order valence-corrected chi connectivity index (χ4v) is 2.13. The van der Waals surface area contributed by atoms with Gasteiger partial charge in [-0.2, -0.15) is 0 Å². The smallest absolute Gasteiger partial charge is 0.129 e. The molecule has 0 aromatic carbocycles. The van der Waals surface area contributed by atoms with Crippen LogP contribution in [0.3, 0.4) is 0 Å². The maximum absolute atomic E-state index is 11.7. The second-order valence-electron chi connectivity index (χ2n) is 2.98. The van der Waals surface area contributed by atoms with Crippen LogP contribution in [0.4, 0.5) is 5.69 Å². The van der Waals surface area contributed by atoms with Crippen LogP contribution in [0.25, 0.3) is 0 Å². The maximum atomic E-state index is 11.7. The van der Waals surface area contributed by atoms with E-state index in [1.54, 1.807) is 26.6 Å². The van der Waals surface area contributed by atoms with Gasteiger partial charge >= 0.3 is 0 Å². The maximum Gasteiger partial charge on any atom is 0.129 e. The average Bonchev–Trinajstić information content (AvgIpc) is 2.03. The summed E-state index contributed by atoms with van der Waals surface area (Å²) in [6.45, 7) is 3.44. The highest BCUT2D eigenvalue weighted by atomic mass is 31.2. The molecule has 0 aliphatic rings. The average molecular weight is 184 g/mol. The molecule has 0 saturated heterocycles. The number of nitrogens with zero attached hydrogens (tertiary/aromatic N) is 1. The number of pyridine rings is 1. The van der Waals surface area contributed by atoms with Gasteiger partial charge in [0, 0.05) is 13.2 Å². The Kier molecular flexibility index (Phi) is 2.53. The lowest BCUT2D eigenvalue weighted by Crippen LogP contribution is -2.13. The third-order valence-electron chi connectivity index (χ3n) is 1.57. The molecule has 0 amide bonds. The number of rotatable bonds is 2. The van der Waals surface area contributed by atoms with Gasteiger partial charge in [-0.05, 0) is 25.5 Å². The third kappa shape index (κ3) is 1.86. The molecule has 0 unspecified atom stereocenters. The minimum atomic E-state index is -2.25. The van der Waals surface area contributed by atoms with Crippen LogP contribution in [0.15, 0.2) is 18.3 Å². The van der Waals surface area contributed by atoms with E-state index in [2.05, 4.69) is 10.3 Å².